The Morgan fingerprint density at radius 2 is 1.69 bits per heavy atom. The molecule has 0 radical (unpaired) electrons. The van der Waals surface area contributed by atoms with Crippen LogP contribution in [0.4, 0.5) is 10.2 Å². The molecular weight excluding hydrogens is 573 g/mol. The number of aromatic nitrogens is 4. The van der Waals surface area contributed by atoms with Crippen LogP contribution in [0, 0.1) is 5.82 Å². The minimum absolute atomic E-state index is 0.111. The Balaban J connectivity index is 1.07. The molecule has 228 valence electrons. The molecule has 0 saturated carbocycles. The molecule has 2 fully saturated rings. The van der Waals surface area contributed by atoms with Crippen LogP contribution in [0.15, 0.2) is 79.1 Å². The van der Waals surface area contributed by atoms with Gasteiger partial charge in [0.25, 0.3) is 0 Å². The Bertz CT molecular complexity index is 1870. The zero-order chi connectivity index (χ0) is 30.9. The number of fused-ring (bicyclic) bond motifs is 1. The van der Waals surface area contributed by atoms with Gasteiger partial charge >= 0.3 is 0 Å². The van der Waals surface area contributed by atoms with Crippen molar-refractivity contribution in [2.75, 3.05) is 18.8 Å². The lowest BCUT2D eigenvalue weighted by Crippen LogP contribution is -2.39. The van der Waals surface area contributed by atoms with Gasteiger partial charge in [-0.05, 0) is 67.3 Å². The summed E-state index contributed by atoms with van der Waals surface area (Å²) in [6.07, 6.45) is 3.68. The number of imide groups is 1. The summed E-state index contributed by atoms with van der Waals surface area (Å²) in [7, 11) is 0. The standard InChI is InChI=1S/C34H32FN7O3/c35-28-12-6-21(18-27(28)26-11-13-29(43)39-34(26)44)19-41-16-14-23(15-17-41)42-33-30(32(36)37-20-38-33)31(40-42)22-7-9-25(10-8-22)45-24-4-2-1-3-5-24/h1-10,12,18,20,23,26H,11,13-17,19H2,(H2,36,37,38)(H,39,43,44). The third-order valence-corrected chi connectivity index (χ3v) is 8.61. The van der Waals surface area contributed by atoms with Crippen LogP contribution in [0.2, 0.25) is 0 Å². The number of carbonyl (C=O) groups is 2. The molecule has 4 heterocycles. The van der Waals surface area contributed by atoms with Gasteiger partial charge in [0.05, 0.1) is 17.3 Å². The van der Waals surface area contributed by atoms with Crippen molar-refractivity contribution < 1.29 is 18.7 Å². The summed E-state index contributed by atoms with van der Waals surface area (Å²) < 4.78 is 22.7. The number of ether oxygens (including phenoxy) is 1. The average Bonchev–Trinajstić information content (AvgIpc) is 3.44. The minimum atomic E-state index is -0.655. The predicted molar refractivity (Wildman–Crippen MR) is 167 cm³/mol. The first kappa shape index (κ1) is 28.6. The molecule has 0 bridgehead atoms. The zero-order valence-corrected chi connectivity index (χ0v) is 24.5. The third kappa shape index (κ3) is 5.86. The van der Waals surface area contributed by atoms with Gasteiger partial charge in [-0.3, -0.25) is 19.8 Å². The van der Waals surface area contributed by atoms with Crippen molar-refractivity contribution in [1.29, 1.82) is 0 Å². The second-order valence-electron chi connectivity index (χ2n) is 11.6. The number of halogens is 1. The number of nitrogens with two attached hydrogens (primary N) is 1. The van der Waals surface area contributed by atoms with Gasteiger partial charge in [0.2, 0.25) is 11.8 Å². The normalized spacial score (nSPS) is 17.8. The van der Waals surface area contributed by atoms with Crippen LogP contribution >= 0.6 is 0 Å². The summed E-state index contributed by atoms with van der Waals surface area (Å²) in [6, 6.07) is 22.4. The first-order chi connectivity index (χ1) is 21.9. The van der Waals surface area contributed by atoms with E-state index in [-0.39, 0.29) is 18.4 Å². The van der Waals surface area contributed by atoms with Crippen molar-refractivity contribution in [3.63, 3.8) is 0 Å². The number of hydrogen-bond donors (Lipinski definition) is 2. The first-order valence-electron chi connectivity index (χ1n) is 15.1. The van der Waals surface area contributed by atoms with E-state index in [1.807, 2.05) is 59.3 Å². The number of carbonyl (C=O) groups excluding carboxylic acids is 2. The second kappa shape index (κ2) is 12.1. The maximum Gasteiger partial charge on any atom is 0.234 e. The third-order valence-electron chi connectivity index (χ3n) is 8.61. The Labute approximate surface area is 259 Å². The van der Waals surface area contributed by atoms with E-state index >= 15 is 0 Å². The van der Waals surface area contributed by atoms with Crippen LogP contribution in [0.1, 0.15) is 48.8 Å². The minimum Gasteiger partial charge on any atom is -0.457 e. The van der Waals surface area contributed by atoms with Gasteiger partial charge in [-0.1, -0.05) is 30.3 Å². The maximum absolute atomic E-state index is 14.7. The van der Waals surface area contributed by atoms with Crippen LogP contribution in [-0.2, 0) is 16.1 Å². The van der Waals surface area contributed by atoms with E-state index in [0.717, 1.165) is 59.6 Å². The van der Waals surface area contributed by atoms with Gasteiger partial charge in [0.15, 0.2) is 5.65 Å². The highest BCUT2D eigenvalue weighted by atomic mass is 19.1. The highest BCUT2D eigenvalue weighted by Crippen LogP contribution is 2.36. The predicted octanol–water partition coefficient (Wildman–Crippen LogP) is 5.36. The number of likely N-dealkylation sites (tertiary alicyclic amines) is 1. The molecule has 1 atom stereocenters. The van der Waals surface area contributed by atoms with Crippen molar-refractivity contribution in [2.45, 2.75) is 44.2 Å². The molecule has 0 spiro atoms. The molecule has 7 rings (SSSR count). The molecule has 10 nitrogen and oxygen atoms in total. The Hall–Kier alpha value is -5.16. The maximum atomic E-state index is 14.7. The van der Waals surface area contributed by atoms with Gasteiger partial charge in [0, 0.05) is 37.2 Å². The van der Waals surface area contributed by atoms with Crippen molar-refractivity contribution in [3.8, 4) is 22.8 Å². The summed E-state index contributed by atoms with van der Waals surface area (Å²) in [5.41, 5.74) is 9.96. The van der Waals surface area contributed by atoms with E-state index in [4.69, 9.17) is 15.6 Å². The van der Waals surface area contributed by atoms with E-state index in [0.29, 0.717) is 30.0 Å². The first-order valence-corrected chi connectivity index (χ1v) is 15.1. The average molecular weight is 606 g/mol. The molecule has 2 aromatic heterocycles. The number of para-hydroxylation sites is 1. The number of nitrogens with zero attached hydrogens (tertiary/aromatic N) is 5. The highest BCUT2D eigenvalue weighted by molar-refractivity contribution is 6.01. The number of amides is 2. The lowest BCUT2D eigenvalue weighted by Gasteiger charge is -2.32. The number of hydrogen-bond acceptors (Lipinski definition) is 8. The largest absolute Gasteiger partial charge is 0.457 e. The summed E-state index contributed by atoms with van der Waals surface area (Å²) in [5.74, 6) is 0.0361. The van der Waals surface area contributed by atoms with Crippen LogP contribution in [-0.4, -0.2) is 49.6 Å². The summed E-state index contributed by atoms with van der Waals surface area (Å²) in [4.78, 5) is 35.1. The van der Waals surface area contributed by atoms with E-state index in [1.54, 1.807) is 12.1 Å². The van der Waals surface area contributed by atoms with Gasteiger partial charge in [-0.15, -0.1) is 0 Å². The quantitative estimate of drug-likeness (QED) is 0.237. The number of piperidine rings is 2. The Morgan fingerprint density at radius 3 is 2.44 bits per heavy atom. The van der Waals surface area contributed by atoms with E-state index in [1.165, 1.54) is 12.4 Å². The fourth-order valence-corrected chi connectivity index (χ4v) is 6.29. The smallest absolute Gasteiger partial charge is 0.234 e. The van der Waals surface area contributed by atoms with Crippen LogP contribution in [0.5, 0.6) is 11.5 Å². The van der Waals surface area contributed by atoms with Gasteiger partial charge in [-0.2, -0.15) is 5.10 Å². The molecular formula is C34H32FN7O3. The highest BCUT2D eigenvalue weighted by Gasteiger charge is 2.31. The molecule has 3 N–H and O–H groups in total. The Morgan fingerprint density at radius 1 is 0.933 bits per heavy atom. The second-order valence-corrected chi connectivity index (χ2v) is 11.6. The molecule has 45 heavy (non-hydrogen) atoms. The summed E-state index contributed by atoms with van der Waals surface area (Å²) in [5, 5.41) is 8.08. The molecule has 11 heteroatoms. The number of anilines is 1. The number of nitrogen functional groups attached to an aromatic ring is 1. The number of rotatable bonds is 7. The lowest BCUT2D eigenvalue weighted by molar-refractivity contribution is -0.134. The van der Waals surface area contributed by atoms with Crippen molar-refractivity contribution >= 4 is 28.7 Å². The van der Waals surface area contributed by atoms with Crippen LogP contribution < -0.4 is 15.8 Å². The lowest BCUT2D eigenvalue weighted by atomic mass is 9.89. The monoisotopic (exact) mass is 605 g/mol. The van der Waals surface area contributed by atoms with Gasteiger partial charge < -0.3 is 10.5 Å². The van der Waals surface area contributed by atoms with Crippen LogP contribution in [0.3, 0.4) is 0 Å². The van der Waals surface area contributed by atoms with Crippen molar-refractivity contribution in [2.24, 2.45) is 0 Å². The molecule has 0 aliphatic carbocycles. The SMILES string of the molecule is Nc1ncnc2c1c(-c1ccc(Oc3ccccc3)cc1)nn2C1CCN(Cc2ccc(F)c(C3CCC(=O)NC3=O)c2)CC1. The number of benzene rings is 3. The topological polar surface area (TPSA) is 128 Å². The Kier molecular flexibility index (Phi) is 7.68. The molecule has 2 aliphatic heterocycles. The summed E-state index contributed by atoms with van der Waals surface area (Å²) in [6.45, 7) is 2.24. The number of nitrogens with one attached hydrogen (secondary N) is 1. The zero-order valence-electron chi connectivity index (χ0n) is 24.5. The van der Waals surface area contributed by atoms with Gasteiger partial charge in [0.1, 0.15) is 35.2 Å². The summed E-state index contributed by atoms with van der Waals surface area (Å²) >= 11 is 0. The van der Waals surface area contributed by atoms with Gasteiger partial charge in [-0.25, -0.2) is 19.0 Å². The van der Waals surface area contributed by atoms with Crippen molar-refractivity contribution in [3.05, 3.63) is 96.1 Å². The molecule has 3 aromatic carbocycles. The fraction of sp³-hybridized carbons (Fsp3) is 0.265. The fourth-order valence-electron chi connectivity index (χ4n) is 6.29. The van der Waals surface area contributed by atoms with Crippen molar-refractivity contribution in [1.82, 2.24) is 30.0 Å². The molecule has 2 saturated heterocycles. The van der Waals surface area contributed by atoms with E-state index < -0.39 is 17.6 Å². The van der Waals surface area contributed by atoms with E-state index in [9.17, 15) is 14.0 Å². The molecule has 1 unspecified atom stereocenters. The molecule has 2 aliphatic rings. The molecule has 2 amide bonds. The molecule has 5 aromatic rings. The van der Waals surface area contributed by atoms with Crippen LogP contribution in [0.25, 0.3) is 22.3 Å². The van der Waals surface area contributed by atoms with E-state index in [2.05, 4.69) is 20.2 Å².